The van der Waals surface area contributed by atoms with Gasteiger partial charge in [0.25, 0.3) is 0 Å². The summed E-state index contributed by atoms with van der Waals surface area (Å²) in [7, 11) is 0. The maximum absolute atomic E-state index is 12.9. The minimum Gasteiger partial charge on any atom is -0.340 e. The zero-order valence-corrected chi connectivity index (χ0v) is 15.6. The second kappa shape index (κ2) is 7.04. The fourth-order valence-corrected chi connectivity index (χ4v) is 4.50. The minimum atomic E-state index is 0.186. The summed E-state index contributed by atoms with van der Waals surface area (Å²) >= 11 is 0. The molecule has 0 radical (unpaired) electrons. The van der Waals surface area contributed by atoms with Gasteiger partial charge in [0, 0.05) is 56.1 Å². The van der Waals surface area contributed by atoms with Crippen molar-refractivity contribution in [1.29, 1.82) is 0 Å². The van der Waals surface area contributed by atoms with Gasteiger partial charge in [-0.3, -0.25) is 9.69 Å². The SMILES string of the molecule is O=C([C@H]1CC1c1ccc(-c2cncnc2)cc1)N1CCN(C2CCC2)CC1. The molecular formula is C22H26N4O. The first kappa shape index (κ1) is 16.9. The van der Waals surface area contributed by atoms with E-state index in [-0.39, 0.29) is 5.92 Å². The van der Waals surface area contributed by atoms with Gasteiger partial charge in [-0.15, -0.1) is 0 Å². The number of carbonyl (C=O) groups excluding carboxylic acids is 1. The highest BCUT2D eigenvalue weighted by Crippen LogP contribution is 2.48. The van der Waals surface area contributed by atoms with Gasteiger partial charge < -0.3 is 4.90 Å². The molecule has 1 aromatic heterocycles. The molecule has 3 aliphatic rings. The Kier molecular flexibility index (Phi) is 4.40. The Morgan fingerprint density at radius 3 is 2.26 bits per heavy atom. The van der Waals surface area contributed by atoms with Crippen LogP contribution in [-0.2, 0) is 4.79 Å². The summed E-state index contributed by atoms with van der Waals surface area (Å²) in [6.07, 6.45) is 10.3. The van der Waals surface area contributed by atoms with Crippen molar-refractivity contribution in [2.24, 2.45) is 5.92 Å². The van der Waals surface area contributed by atoms with Crippen molar-refractivity contribution >= 4 is 5.91 Å². The number of piperazine rings is 1. The van der Waals surface area contributed by atoms with E-state index < -0.39 is 0 Å². The average Bonchev–Trinajstić information content (AvgIpc) is 3.48. The molecule has 1 aromatic carbocycles. The molecule has 5 rings (SSSR count). The Balaban J connectivity index is 1.17. The van der Waals surface area contributed by atoms with Crippen molar-refractivity contribution in [3.8, 4) is 11.1 Å². The summed E-state index contributed by atoms with van der Waals surface area (Å²) in [6.45, 7) is 3.93. The van der Waals surface area contributed by atoms with E-state index in [1.54, 1.807) is 6.33 Å². The summed E-state index contributed by atoms with van der Waals surface area (Å²) in [5.41, 5.74) is 3.42. The lowest BCUT2D eigenvalue weighted by molar-refractivity contribution is -0.135. The molecule has 1 saturated heterocycles. The van der Waals surface area contributed by atoms with Gasteiger partial charge in [-0.25, -0.2) is 9.97 Å². The Hall–Kier alpha value is -2.27. The van der Waals surface area contributed by atoms with E-state index in [0.29, 0.717) is 11.8 Å². The van der Waals surface area contributed by atoms with Crippen LogP contribution < -0.4 is 0 Å². The van der Waals surface area contributed by atoms with Gasteiger partial charge in [-0.05, 0) is 36.3 Å². The van der Waals surface area contributed by atoms with E-state index in [0.717, 1.165) is 49.8 Å². The van der Waals surface area contributed by atoms with Crippen LogP contribution in [0.3, 0.4) is 0 Å². The average molecular weight is 362 g/mol. The molecule has 140 valence electrons. The Morgan fingerprint density at radius 2 is 1.63 bits per heavy atom. The maximum Gasteiger partial charge on any atom is 0.226 e. The monoisotopic (exact) mass is 362 g/mol. The van der Waals surface area contributed by atoms with Gasteiger partial charge in [0.15, 0.2) is 0 Å². The number of carbonyl (C=O) groups is 1. The first-order valence-electron chi connectivity index (χ1n) is 10.2. The van der Waals surface area contributed by atoms with Crippen molar-refractivity contribution in [3.05, 3.63) is 48.5 Å². The van der Waals surface area contributed by atoms with Crippen LogP contribution in [0, 0.1) is 5.92 Å². The molecule has 2 aromatic rings. The molecule has 1 unspecified atom stereocenters. The van der Waals surface area contributed by atoms with Gasteiger partial charge in [-0.2, -0.15) is 0 Å². The summed E-state index contributed by atoms with van der Waals surface area (Å²) < 4.78 is 0. The van der Waals surface area contributed by atoms with Crippen molar-refractivity contribution in [2.45, 2.75) is 37.6 Å². The smallest absolute Gasteiger partial charge is 0.226 e. The summed E-state index contributed by atoms with van der Waals surface area (Å²) in [4.78, 5) is 25.7. The van der Waals surface area contributed by atoms with E-state index in [9.17, 15) is 4.79 Å². The highest BCUT2D eigenvalue weighted by molar-refractivity contribution is 5.83. The molecule has 2 aliphatic carbocycles. The summed E-state index contributed by atoms with van der Waals surface area (Å²) in [5, 5.41) is 0. The van der Waals surface area contributed by atoms with Crippen molar-refractivity contribution in [3.63, 3.8) is 0 Å². The zero-order valence-electron chi connectivity index (χ0n) is 15.6. The van der Waals surface area contributed by atoms with Crippen molar-refractivity contribution in [1.82, 2.24) is 19.8 Å². The van der Waals surface area contributed by atoms with E-state index >= 15 is 0 Å². The van der Waals surface area contributed by atoms with Crippen LogP contribution in [0.25, 0.3) is 11.1 Å². The standard InChI is InChI=1S/C22H26N4O/c27-22(26-10-8-25(9-11-26)19-2-1-3-19)21-12-20(21)17-6-4-16(5-7-17)18-13-23-15-24-14-18/h4-7,13-15,19-21H,1-3,8-12H2/t20?,21-/m0/s1. The van der Waals surface area contributed by atoms with Crippen LogP contribution in [0.4, 0.5) is 0 Å². The van der Waals surface area contributed by atoms with Crippen LogP contribution in [0.5, 0.6) is 0 Å². The molecule has 0 spiro atoms. The summed E-state index contributed by atoms with van der Waals surface area (Å²) in [5.74, 6) is 0.947. The number of hydrogen-bond donors (Lipinski definition) is 0. The van der Waals surface area contributed by atoms with Gasteiger partial charge in [0.2, 0.25) is 5.91 Å². The lowest BCUT2D eigenvalue weighted by Crippen LogP contribution is -2.53. The molecular weight excluding hydrogens is 336 g/mol. The van der Waals surface area contributed by atoms with Crippen molar-refractivity contribution < 1.29 is 4.79 Å². The first-order valence-corrected chi connectivity index (χ1v) is 10.2. The molecule has 2 heterocycles. The third kappa shape index (κ3) is 3.36. The molecule has 5 nitrogen and oxygen atoms in total. The number of aromatic nitrogens is 2. The molecule has 0 bridgehead atoms. The fraction of sp³-hybridized carbons (Fsp3) is 0.500. The fourth-order valence-electron chi connectivity index (χ4n) is 4.50. The lowest BCUT2D eigenvalue weighted by Gasteiger charge is -2.43. The molecule has 27 heavy (non-hydrogen) atoms. The third-order valence-electron chi connectivity index (χ3n) is 6.56. The van der Waals surface area contributed by atoms with E-state index in [4.69, 9.17) is 0 Å². The first-order chi connectivity index (χ1) is 13.3. The molecule has 1 aliphatic heterocycles. The topological polar surface area (TPSA) is 49.3 Å². The van der Waals surface area contributed by atoms with Crippen molar-refractivity contribution in [2.75, 3.05) is 26.2 Å². The van der Waals surface area contributed by atoms with Crippen LogP contribution in [0.1, 0.15) is 37.2 Å². The van der Waals surface area contributed by atoms with Gasteiger partial charge in [0.1, 0.15) is 6.33 Å². The summed E-state index contributed by atoms with van der Waals surface area (Å²) in [6, 6.07) is 9.35. The second-order valence-electron chi connectivity index (χ2n) is 8.14. The quantitative estimate of drug-likeness (QED) is 0.839. The number of nitrogens with zero attached hydrogens (tertiary/aromatic N) is 4. The molecule has 5 heteroatoms. The van der Waals surface area contributed by atoms with E-state index in [2.05, 4.69) is 44.0 Å². The molecule has 2 atom stereocenters. The molecule has 2 saturated carbocycles. The lowest BCUT2D eigenvalue weighted by atomic mass is 9.91. The largest absolute Gasteiger partial charge is 0.340 e. The normalized spacial score (nSPS) is 25.9. The third-order valence-corrected chi connectivity index (χ3v) is 6.56. The number of hydrogen-bond acceptors (Lipinski definition) is 4. The second-order valence-corrected chi connectivity index (χ2v) is 8.14. The Bertz CT molecular complexity index is 795. The highest BCUT2D eigenvalue weighted by Gasteiger charge is 2.46. The number of amides is 1. The number of rotatable bonds is 4. The highest BCUT2D eigenvalue weighted by atomic mass is 16.2. The van der Waals surface area contributed by atoms with E-state index in [1.807, 2.05) is 12.4 Å². The zero-order chi connectivity index (χ0) is 18.2. The van der Waals surface area contributed by atoms with Crippen LogP contribution in [0.15, 0.2) is 43.0 Å². The van der Waals surface area contributed by atoms with E-state index in [1.165, 1.54) is 24.8 Å². The van der Waals surface area contributed by atoms with Crippen LogP contribution in [0.2, 0.25) is 0 Å². The molecule has 1 amide bonds. The Morgan fingerprint density at radius 1 is 0.926 bits per heavy atom. The van der Waals surface area contributed by atoms with Gasteiger partial charge in [-0.1, -0.05) is 30.7 Å². The predicted molar refractivity (Wildman–Crippen MR) is 104 cm³/mol. The minimum absolute atomic E-state index is 0.186. The van der Waals surface area contributed by atoms with Gasteiger partial charge >= 0.3 is 0 Å². The number of benzene rings is 1. The van der Waals surface area contributed by atoms with Crippen LogP contribution in [-0.4, -0.2) is 57.9 Å². The Labute approximate surface area is 160 Å². The predicted octanol–water partition coefficient (Wildman–Crippen LogP) is 2.94. The molecule has 0 N–H and O–H groups in total. The molecule has 3 fully saturated rings. The maximum atomic E-state index is 12.9. The van der Waals surface area contributed by atoms with Crippen LogP contribution >= 0.6 is 0 Å². The van der Waals surface area contributed by atoms with Gasteiger partial charge in [0.05, 0.1) is 0 Å².